The fraction of sp³-hybridized carbons (Fsp3) is 0.143. The second kappa shape index (κ2) is 5.83. The Hall–Kier alpha value is -1.92. The molecule has 0 aliphatic heterocycles. The van der Waals surface area contributed by atoms with Gasteiger partial charge in [0.2, 0.25) is 0 Å². The van der Waals surface area contributed by atoms with Crippen LogP contribution in [0.25, 0.3) is 0 Å². The Morgan fingerprint density at radius 3 is 2.52 bits per heavy atom. The minimum Gasteiger partial charge on any atom is -0.321 e. The smallest absolute Gasteiger partial charge is 0.257 e. The van der Waals surface area contributed by atoms with E-state index in [0.717, 1.165) is 11.9 Å². The highest BCUT2D eigenvalue weighted by atomic mass is 35.5. The molecule has 0 atom stereocenters. The first-order chi connectivity index (χ1) is 9.79. The van der Waals surface area contributed by atoms with Gasteiger partial charge in [0.1, 0.15) is 4.90 Å². The molecule has 0 saturated heterocycles. The summed E-state index contributed by atoms with van der Waals surface area (Å²) in [5.41, 5.74) is 1.27. The standard InChI is InChI=1S/C14H13ClN2O3S/c1-9-6-7-10(8-16-9)14(18)17-12-5-3-4-11(15)13(12)21(2,19)20/h3-8H,1-2H3,(H,17,18). The Balaban J connectivity index is 2.38. The summed E-state index contributed by atoms with van der Waals surface area (Å²) in [7, 11) is -3.56. The number of rotatable bonds is 3. The zero-order chi connectivity index (χ0) is 15.6. The molecule has 0 radical (unpaired) electrons. The Morgan fingerprint density at radius 2 is 1.95 bits per heavy atom. The molecule has 0 spiro atoms. The van der Waals surface area contributed by atoms with Crippen molar-refractivity contribution in [3.8, 4) is 0 Å². The van der Waals surface area contributed by atoms with E-state index in [1.165, 1.54) is 18.3 Å². The van der Waals surface area contributed by atoms with Crippen molar-refractivity contribution in [2.24, 2.45) is 0 Å². The molecule has 2 aromatic rings. The molecule has 110 valence electrons. The number of hydrogen-bond donors (Lipinski definition) is 1. The molecule has 1 aromatic heterocycles. The van der Waals surface area contributed by atoms with Crippen molar-refractivity contribution in [1.82, 2.24) is 4.98 Å². The predicted octanol–water partition coefficient (Wildman–Crippen LogP) is 2.70. The summed E-state index contributed by atoms with van der Waals surface area (Å²) >= 11 is 5.92. The minimum absolute atomic E-state index is 0.0670. The lowest BCUT2D eigenvalue weighted by atomic mass is 10.2. The average Bonchev–Trinajstić information content (AvgIpc) is 2.37. The van der Waals surface area contributed by atoms with E-state index >= 15 is 0 Å². The maximum absolute atomic E-state index is 12.1. The predicted molar refractivity (Wildman–Crippen MR) is 81.5 cm³/mol. The van der Waals surface area contributed by atoms with Gasteiger partial charge in [-0.15, -0.1) is 0 Å². The molecule has 0 aliphatic carbocycles. The summed E-state index contributed by atoms with van der Waals surface area (Å²) in [6.07, 6.45) is 2.46. The Morgan fingerprint density at radius 1 is 1.24 bits per heavy atom. The van der Waals surface area contributed by atoms with Crippen LogP contribution in [0.3, 0.4) is 0 Å². The molecule has 21 heavy (non-hydrogen) atoms. The van der Waals surface area contributed by atoms with Gasteiger partial charge in [-0.2, -0.15) is 0 Å². The van der Waals surface area contributed by atoms with Gasteiger partial charge in [0.05, 0.1) is 16.3 Å². The van der Waals surface area contributed by atoms with Crippen LogP contribution < -0.4 is 5.32 Å². The largest absolute Gasteiger partial charge is 0.321 e. The average molecular weight is 325 g/mol. The molecule has 5 nitrogen and oxygen atoms in total. The van der Waals surface area contributed by atoms with E-state index in [0.29, 0.717) is 5.56 Å². The molecule has 0 fully saturated rings. The zero-order valence-corrected chi connectivity index (χ0v) is 13.0. The monoisotopic (exact) mass is 324 g/mol. The first-order valence-electron chi connectivity index (χ1n) is 6.01. The van der Waals surface area contributed by atoms with Crippen molar-refractivity contribution >= 4 is 33.0 Å². The van der Waals surface area contributed by atoms with E-state index in [1.807, 2.05) is 0 Å². The molecule has 1 amide bonds. The molecule has 0 unspecified atom stereocenters. The second-order valence-electron chi connectivity index (χ2n) is 4.53. The molecule has 0 aliphatic rings. The number of aryl methyl sites for hydroxylation is 1. The summed E-state index contributed by atoms with van der Waals surface area (Å²) in [5, 5.41) is 2.62. The highest BCUT2D eigenvalue weighted by Gasteiger charge is 2.19. The van der Waals surface area contributed by atoms with Crippen LogP contribution >= 0.6 is 11.6 Å². The lowest BCUT2D eigenvalue weighted by Crippen LogP contribution is -2.15. The number of halogens is 1. The number of carbonyl (C=O) groups is 1. The van der Waals surface area contributed by atoms with E-state index in [-0.39, 0.29) is 15.6 Å². The van der Waals surface area contributed by atoms with Gasteiger partial charge in [0, 0.05) is 18.1 Å². The lowest BCUT2D eigenvalue weighted by Gasteiger charge is -2.11. The van der Waals surface area contributed by atoms with Gasteiger partial charge in [-0.1, -0.05) is 17.7 Å². The normalized spacial score (nSPS) is 11.2. The van der Waals surface area contributed by atoms with E-state index in [1.54, 1.807) is 25.1 Å². The highest BCUT2D eigenvalue weighted by molar-refractivity contribution is 7.91. The summed E-state index contributed by atoms with van der Waals surface area (Å²) in [6, 6.07) is 7.83. The van der Waals surface area contributed by atoms with Gasteiger partial charge in [-0.05, 0) is 31.2 Å². The number of aromatic nitrogens is 1. The summed E-state index contributed by atoms with van der Waals surface area (Å²) in [6.45, 7) is 1.81. The SMILES string of the molecule is Cc1ccc(C(=O)Nc2cccc(Cl)c2S(C)(=O)=O)cn1. The lowest BCUT2D eigenvalue weighted by molar-refractivity contribution is 0.102. The molecule has 2 rings (SSSR count). The molecular formula is C14H13ClN2O3S. The number of pyridine rings is 1. The topological polar surface area (TPSA) is 76.1 Å². The van der Waals surface area contributed by atoms with E-state index < -0.39 is 15.7 Å². The van der Waals surface area contributed by atoms with Crippen molar-refractivity contribution in [3.63, 3.8) is 0 Å². The van der Waals surface area contributed by atoms with Crippen LogP contribution in [0.15, 0.2) is 41.4 Å². The maximum atomic E-state index is 12.1. The number of amides is 1. The van der Waals surface area contributed by atoms with E-state index in [4.69, 9.17) is 11.6 Å². The third-order valence-electron chi connectivity index (χ3n) is 2.76. The molecule has 7 heteroatoms. The Kier molecular flexibility index (Phi) is 4.29. The van der Waals surface area contributed by atoms with Crippen LogP contribution in [0.4, 0.5) is 5.69 Å². The summed E-state index contributed by atoms with van der Waals surface area (Å²) < 4.78 is 23.6. The number of carbonyl (C=O) groups excluding carboxylic acids is 1. The maximum Gasteiger partial charge on any atom is 0.257 e. The molecule has 0 saturated carbocycles. The minimum atomic E-state index is -3.56. The van der Waals surface area contributed by atoms with Crippen LogP contribution in [0, 0.1) is 6.92 Å². The van der Waals surface area contributed by atoms with E-state index in [2.05, 4.69) is 10.3 Å². The number of anilines is 1. The van der Waals surface area contributed by atoms with Crippen LogP contribution in [0.1, 0.15) is 16.1 Å². The van der Waals surface area contributed by atoms with Crippen molar-refractivity contribution in [2.45, 2.75) is 11.8 Å². The number of benzene rings is 1. The van der Waals surface area contributed by atoms with Crippen LogP contribution in [0.2, 0.25) is 5.02 Å². The molecule has 1 aromatic carbocycles. The van der Waals surface area contributed by atoms with Gasteiger partial charge < -0.3 is 5.32 Å². The molecule has 0 bridgehead atoms. The number of sulfone groups is 1. The van der Waals surface area contributed by atoms with Crippen molar-refractivity contribution in [2.75, 3.05) is 11.6 Å². The van der Waals surface area contributed by atoms with Gasteiger partial charge in [0.15, 0.2) is 9.84 Å². The first-order valence-corrected chi connectivity index (χ1v) is 8.28. The van der Waals surface area contributed by atoms with Gasteiger partial charge >= 0.3 is 0 Å². The van der Waals surface area contributed by atoms with Crippen molar-refractivity contribution in [1.29, 1.82) is 0 Å². The zero-order valence-electron chi connectivity index (χ0n) is 11.4. The number of hydrogen-bond acceptors (Lipinski definition) is 4. The van der Waals surface area contributed by atoms with Crippen LogP contribution in [-0.4, -0.2) is 25.6 Å². The van der Waals surface area contributed by atoms with Crippen LogP contribution in [0.5, 0.6) is 0 Å². The van der Waals surface area contributed by atoms with Crippen LogP contribution in [-0.2, 0) is 9.84 Å². The molecule has 1 N–H and O–H groups in total. The first kappa shape index (κ1) is 15.5. The quantitative estimate of drug-likeness (QED) is 0.941. The van der Waals surface area contributed by atoms with E-state index in [9.17, 15) is 13.2 Å². The second-order valence-corrected chi connectivity index (χ2v) is 6.89. The molecular weight excluding hydrogens is 312 g/mol. The third-order valence-corrected chi connectivity index (χ3v) is 4.37. The highest BCUT2D eigenvalue weighted by Crippen LogP contribution is 2.29. The van der Waals surface area contributed by atoms with Crippen molar-refractivity contribution < 1.29 is 13.2 Å². The Bertz CT molecular complexity index is 786. The number of nitrogens with zero attached hydrogens (tertiary/aromatic N) is 1. The summed E-state index contributed by atoms with van der Waals surface area (Å²) in [5.74, 6) is -0.449. The van der Waals surface area contributed by atoms with Gasteiger partial charge in [-0.3, -0.25) is 9.78 Å². The Labute approximate surface area is 127 Å². The van der Waals surface area contributed by atoms with Gasteiger partial charge in [-0.25, -0.2) is 8.42 Å². The van der Waals surface area contributed by atoms with Gasteiger partial charge in [0.25, 0.3) is 5.91 Å². The third kappa shape index (κ3) is 3.59. The number of nitrogens with one attached hydrogen (secondary N) is 1. The fourth-order valence-corrected chi connectivity index (χ4v) is 3.32. The summed E-state index contributed by atoms with van der Waals surface area (Å²) in [4.78, 5) is 16.1. The van der Waals surface area contributed by atoms with Crippen molar-refractivity contribution in [3.05, 3.63) is 52.8 Å². The molecule has 1 heterocycles. The fourth-order valence-electron chi connectivity index (χ4n) is 1.78.